The van der Waals surface area contributed by atoms with E-state index in [4.69, 9.17) is 4.74 Å². The van der Waals surface area contributed by atoms with Crippen molar-refractivity contribution in [3.05, 3.63) is 65.7 Å². The van der Waals surface area contributed by atoms with E-state index in [9.17, 15) is 13.2 Å². The molecule has 0 spiro atoms. The fraction of sp³-hybridized carbons (Fsp3) is 0.368. The Balaban J connectivity index is 1.81. The Labute approximate surface area is 144 Å². The molecule has 3 rings (SSSR count). The van der Waals surface area contributed by atoms with Crippen molar-refractivity contribution in [1.29, 1.82) is 0 Å². The molecule has 0 radical (unpaired) electrons. The van der Waals surface area contributed by atoms with Gasteiger partial charge in [0, 0.05) is 0 Å². The summed E-state index contributed by atoms with van der Waals surface area (Å²) in [6.45, 7) is 1.81. The van der Waals surface area contributed by atoms with Gasteiger partial charge in [0.05, 0.1) is 6.10 Å². The molecule has 2 aromatic rings. The number of hydrogen-bond acceptors (Lipinski definition) is 3. The Morgan fingerprint density at radius 2 is 1.48 bits per heavy atom. The van der Waals surface area contributed by atoms with Crippen molar-refractivity contribution in [3.8, 4) is 5.75 Å². The highest BCUT2D eigenvalue weighted by atomic mass is 19.4. The predicted molar refractivity (Wildman–Crippen MR) is 88.4 cm³/mol. The van der Waals surface area contributed by atoms with Crippen LogP contribution in [-0.4, -0.2) is 25.6 Å². The summed E-state index contributed by atoms with van der Waals surface area (Å²) in [4.78, 5) is 0. The third kappa shape index (κ3) is 5.21. The van der Waals surface area contributed by atoms with Crippen LogP contribution >= 0.6 is 0 Å². The Morgan fingerprint density at radius 3 is 2.08 bits per heavy atom. The van der Waals surface area contributed by atoms with Crippen LogP contribution in [0.3, 0.4) is 0 Å². The molecule has 1 N–H and O–H groups in total. The number of rotatable bonds is 5. The van der Waals surface area contributed by atoms with Crippen molar-refractivity contribution >= 4 is 0 Å². The van der Waals surface area contributed by atoms with E-state index in [0.717, 1.165) is 37.1 Å². The molecular formula is C19H20F3NO2. The lowest BCUT2D eigenvalue weighted by Crippen LogP contribution is -2.33. The van der Waals surface area contributed by atoms with Gasteiger partial charge in [-0.05, 0) is 49.2 Å². The molecule has 0 saturated carbocycles. The summed E-state index contributed by atoms with van der Waals surface area (Å²) in [5, 5.41) is 3.29. The summed E-state index contributed by atoms with van der Waals surface area (Å²) < 4.78 is 47.2. The van der Waals surface area contributed by atoms with Crippen molar-refractivity contribution in [2.75, 3.05) is 13.1 Å². The molecule has 0 amide bonds. The number of nitrogens with one attached hydrogen (secondary N) is 1. The van der Waals surface area contributed by atoms with Gasteiger partial charge in [0.2, 0.25) is 0 Å². The second-order valence-electron chi connectivity index (χ2n) is 5.99. The van der Waals surface area contributed by atoms with Gasteiger partial charge in [-0.1, -0.05) is 42.5 Å². The zero-order valence-electron chi connectivity index (χ0n) is 13.6. The van der Waals surface area contributed by atoms with Crippen molar-refractivity contribution < 1.29 is 22.6 Å². The largest absolute Gasteiger partial charge is 0.573 e. The van der Waals surface area contributed by atoms with Crippen molar-refractivity contribution in [3.63, 3.8) is 0 Å². The van der Waals surface area contributed by atoms with Gasteiger partial charge in [-0.3, -0.25) is 0 Å². The van der Waals surface area contributed by atoms with Gasteiger partial charge in [0.15, 0.2) is 0 Å². The monoisotopic (exact) mass is 351 g/mol. The molecule has 134 valence electrons. The van der Waals surface area contributed by atoms with Crippen LogP contribution in [0.25, 0.3) is 0 Å². The van der Waals surface area contributed by atoms with Gasteiger partial charge in [-0.2, -0.15) is 0 Å². The second kappa shape index (κ2) is 7.89. The van der Waals surface area contributed by atoms with E-state index in [-0.39, 0.29) is 18.0 Å². The molecule has 1 unspecified atom stereocenters. The highest BCUT2D eigenvalue weighted by Gasteiger charge is 2.31. The van der Waals surface area contributed by atoms with Crippen LogP contribution in [-0.2, 0) is 4.74 Å². The summed E-state index contributed by atoms with van der Waals surface area (Å²) in [5.41, 5.74) is 1.78. The smallest absolute Gasteiger partial charge is 0.406 e. The molecule has 1 fully saturated rings. The minimum atomic E-state index is -4.69. The van der Waals surface area contributed by atoms with E-state index in [0.29, 0.717) is 0 Å². The highest BCUT2D eigenvalue weighted by Crippen LogP contribution is 2.31. The quantitative estimate of drug-likeness (QED) is 0.864. The third-order valence-electron chi connectivity index (χ3n) is 4.13. The maximum Gasteiger partial charge on any atom is 0.573 e. The van der Waals surface area contributed by atoms with E-state index in [1.54, 1.807) is 12.1 Å². The number of piperidine rings is 1. The summed E-state index contributed by atoms with van der Waals surface area (Å²) in [5.74, 6) is -0.232. The normalized spacial score (nSPS) is 17.2. The molecular weight excluding hydrogens is 331 g/mol. The summed E-state index contributed by atoms with van der Waals surface area (Å²) >= 11 is 0. The molecule has 1 aliphatic rings. The zero-order valence-corrected chi connectivity index (χ0v) is 13.6. The topological polar surface area (TPSA) is 30.5 Å². The van der Waals surface area contributed by atoms with Gasteiger partial charge < -0.3 is 14.8 Å². The number of alkyl halides is 3. The summed E-state index contributed by atoms with van der Waals surface area (Å²) in [7, 11) is 0. The standard InChI is InChI=1S/C19H20F3NO2/c20-19(21,22)25-17-8-6-15(7-9-17)18(14-4-2-1-3-5-14)24-16-10-12-23-13-11-16/h1-9,16,18,23H,10-13H2. The van der Waals surface area contributed by atoms with Crippen LogP contribution in [0.5, 0.6) is 5.75 Å². The molecule has 1 atom stereocenters. The first kappa shape index (κ1) is 17.8. The minimum Gasteiger partial charge on any atom is -0.406 e. The maximum absolute atomic E-state index is 12.3. The number of ether oxygens (including phenoxy) is 2. The Morgan fingerprint density at radius 1 is 0.880 bits per heavy atom. The molecule has 1 heterocycles. The van der Waals surface area contributed by atoms with Crippen LogP contribution in [0, 0.1) is 0 Å². The number of halogens is 3. The first-order valence-electron chi connectivity index (χ1n) is 8.28. The first-order chi connectivity index (χ1) is 12.0. The Kier molecular flexibility index (Phi) is 5.60. The van der Waals surface area contributed by atoms with E-state index in [1.807, 2.05) is 30.3 Å². The van der Waals surface area contributed by atoms with Crippen LogP contribution in [0.4, 0.5) is 13.2 Å². The van der Waals surface area contributed by atoms with Gasteiger partial charge in [-0.15, -0.1) is 13.2 Å². The minimum absolute atomic E-state index is 0.123. The lowest BCUT2D eigenvalue weighted by atomic mass is 10.00. The molecule has 1 aliphatic heterocycles. The average molecular weight is 351 g/mol. The predicted octanol–water partition coefficient (Wildman–Crippen LogP) is 4.44. The molecule has 2 aromatic carbocycles. The highest BCUT2D eigenvalue weighted by molar-refractivity contribution is 5.34. The van der Waals surface area contributed by atoms with Crippen molar-refractivity contribution in [1.82, 2.24) is 5.32 Å². The van der Waals surface area contributed by atoms with E-state index < -0.39 is 6.36 Å². The molecule has 3 nitrogen and oxygen atoms in total. The maximum atomic E-state index is 12.3. The number of hydrogen-bond donors (Lipinski definition) is 1. The summed E-state index contributed by atoms with van der Waals surface area (Å²) in [6.07, 6.45) is -3.05. The molecule has 6 heteroatoms. The van der Waals surface area contributed by atoms with E-state index in [1.165, 1.54) is 12.1 Å². The van der Waals surface area contributed by atoms with Crippen LogP contribution in [0.1, 0.15) is 30.1 Å². The lowest BCUT2D eigenvalue weighted by Gasteiger charge is -2.29. The SMILES string of the molecule is FC(F)(F)Oc1ccc(C(OC2CCNCC2)c2ccccc2)cc1. The van der Waals surface area contributed by atoms with Gasteiger partial charge >= 0.3 is 6.36 Å². The van der Waals surface area contributed by atoms with Gasteiger partial charge in [0.25, 0.3) is 0 Å². The summed E-state index contributed by atoms with van der Waals surface area (Å²) in [6, 6.07) is 15.6. The Hall–Kier alpha value is -2.05. The molecule has 1 saturated heterocycles. The Bertz CT molecular complexity index is 653. The first-order valence-corrected chi connectivity index (χ1v) is 8.28. The van der Waals surface area contributed by atoms with E-state index in [2.05, 4.69) is 10.1 Å². The van der Waals surface area contributed by atoms with Crippen molar-refractivity contribution in [2.24, 2.45) is 0 Å². The molecule has 0 aromatic heterocycles. The molecule has 25 heavy (non-hydrogen) atoms. The van der Waals surface area contributed by atoms with Gasteiger partial charge in [-0.25, -0.2) is 0 Å². The zero-order chi connectivity index (χ0) is 17.7. The van der Waals surface area contributed by atoms with E-state index >= 15 is 0 Å². The van der Waals surface area contributed by atoms with Crippen LogP contribution in [0.15, 0.2) is 54.6 Å². The fourth-order valence-corrected chi connectivity index (χ4v) is 2.95. The third-order valence-corrected chi connectivity index (χ3v) is 4.13. The average Bonchev–Trinajstić information content (AvgIpc) is 2.61. The van der Waals surface area contributed by atoms with Crippen LogP contribution in [0.2, 0.25) is 0 Å². The molecule has 0 bridgehead atoms. The lowest BCUT2D eigenvalue weighted by molar-refractivity contribution is -0.274. The fourth-order valence-electron chi connectivity index (χ4n) is 2.95. The number of benzene rings is 2. The van der Waals surface area contributed by atoms with Gasteiger partial charge in [0.1, 0.15) is 11.9 Å². The second-order valence-corrected chi connectivity index (χ2v) is 5.99. The molecule has 0 aliphatic carbocycles. The van der Waals surface area contributed by atoms with Crippen LogP contribution < -0.4 is 10.1 Å². The van der Waals surface area contributed by atoms with Crippen molar-refractivity contribution in [2.45, 2.75) is 31.4 Å².